The van der Waals surface area contributed by atoms with Gasteiger partial charge in [-0.05, 0) is 36.2 Å². The minimum atomic E-state index is -0.616. The molecule has 0 radical (unpaired) electrons. The molecule has 0 fully saturated rings. The highest BCUT2D eigenvalue weighted by molar-refractivity contribution is 7.99. The summed E-state index contributed by atoms with van der Waals surface area (Å²) in [4.78, 5) is 5.56. The number of rotatable bonds is 2. The van der Waals surface area contributed by atoms with E-state index in [0.717, 1.165) is 27.5 Å². The number of hydrogen-bond acceptors (Lipinski definition) is 4. The highest BCUT2D eigenvalue weighted by Gasteiger charge is 2.25. The molecule has 0 bridgehead atoms. The number of aliphatic hydroxyl groups is 1. The molecule has 0 amide bonds. The van der Waals surface area contributed by atoms with Crippen molar-refractivity contribution in [2.45, 2.75) is 23.2 Å². The summed E-state index contributed by atoms with van der Waals surface area (Å²) in [5.74, 6) is 0.816. The van der Waals surface area contributed by atoms with E-state index in [9.17, 15) is 5.11 Å². The molecule has 1 aliphatic heterocycles. The molecule has 2 aromatic carbocycles. The van der Waals surface area contributed by atoms with Gasteiger partial charge in [0.05, 0.1) is 18.0 Å². The second kappa shape index (κ2) is 5.92. The van der Waals surface area contributed by atoms with E-state index in [1.807, 2.05) is 43.3 Å². The number of para-hydroxylation sites is 1. The van der Waals surface area contributed by atoms with Gasteiger partial charge in [-0.15, -0.1) is 11.8 Å². The Morgan fingerprint density at radius 1 is 1.14 bits per heavy atom. The van der Waals surface area contributed by atoms with Crippen LogP contribution in [0.5, 0.6) is 5.75 Å². The summed E-state index contributed by atoms with van der Waals surface area (Å²) in [5, 5.41) is 10.3. The average Bonchev–Trinajstić information content (AvgIpc) is 2.68. The van der Waals surface area contributed by atoms with Crippen molar-refractivity contribution in [1.82, 2.24) is 0 Å². The van der Waals surface area contributed by atoms with Gasteiger partial charge in [0.25, 0.3) is 0 Å². The number of thioether (sulfide) groups is 1. The minimum Gasteiger partial charge on any atom is -0.497 e. The van der Waals surface area contributed by atoms with Crippen LogP contribution in [0.3, 0.4) is 0 Å². The van der Waals surface area contributed by atoms with Gasteiger partial charge in [0.1, 0.15) is 11.9 Å². The van der Waals surface area contributed by atoms with Crippen molar-refractivity contribution in [3.05, 3.63) is 53.6 Å². The zero-order chi connectivity index (χ0) is 14.8. The Labute approximate surface area is 128 Å². The third-order valence-corrected chi connectivity index (χ3v) is 4.95. The molecular weight excluding hydrogens is 282 g/mol. The minimum absolute atomic E-state index is 0.0669. The molecule has 0 aromatic heterocycles. The molecule has 1 N–H and O–H groups in total. The fourth-order valence-corrected chi connectivity index (χ4v) is 3.65. The summed E-state index contributed by atoms with van der Waals surface area (Å²) in [6.07, 6.45) is 1.02. The molecule has 1 aliphatic rings. The molecule has 4 heteroatoms. The largest absolute Gasteiger partial charge is 0.497 e. The number of fused-ring (bicyclic) bond motifs is 1. The van der Waals surface area contributed by atoms with Crippen molar-refractivity contribution in [2.75, 3.05) is 7.11 Å². The number of nitrogens with zero attached hydrogens (tertiary/aromatic N) is 1. The van der Waals surface area contributed by atoms with Crippen molar-refractivity contribution in [3.63, 3.8) is 0 Å². The molecule has 0 saturated carbocycles. The first-order valence-electron chi connectivity index (χ1n) is 6.81. The van der Waals surface area contributed by atoms with E-state index in [1.54, 1.807) is 25.1 Å². The molecule has 0 spiro atoms. The number of hydrogen-bond donors (Lipinski definition) is 1. The third-order valence-electron chi connectivity index (χ3n) is 3.57. The van der Waals surface area contributed by atoms with E-state index in [1.165, 1.54) is 0 Å². The lowest BCUT2D eigenvalue weighted by molar-refractivity contribution is 0.244. The standard InChI is InChI=1S/C17H17NO2S/c1-11-4-3-5-15-16(11)18-10-14(19)17(21-15)12-6-8-13(20-2)9-7-12/h3-10,14,17,19H,1-2H3. The van der Waals surface area contributed by atoms with Gasteiger partial charge in [-0.25, -0.2) is 0 Å². The predicted molar refractivity (Wildman–Crippen MR) is 86.9 cm³/mol. The summed E-state index contributed by atoms with van der Waals surface area (Å²) in [6, 6.07) is 13.9. The first-order valence-corrected chi connectivity index (χ1v) is 7.69. The van der Waals surface area contributed by atoms with Gasteiger partial charge in [0.2, 0.25) is 0 Å². The number of benzene rings is 2. The Kier molecular flexibility index (Phi) is 3.99. The van der Waals surface area contributed by atoms with Gasteiger partial charge in [-0.2, -0.15) is 0 Å². The summed E-state index contributed by atoms with van der Waals surface area (Å²) >= 11 is 1.65. The molecule has 0 aliphatic carbocycles. The van der Waals surface area contributed by atoms with Gasteiger partial charge in [0.15, 0.2) is 0 Å². The van der Waals surface area contributed by atoms with Crippen LogP contribution in [0.25, 0.3) is 0 Å². The number of ether oxygens (including phenoxy) is 1. The number of aliphatic hydroxyl groups excluding tert-OH is 1. The molecule has 3 nitrogen and oxygen atoms in total. The van der Waals surface area contributed by atoms with Crippen LogP contribution in [0.15, 0.2) is 52.4 Å². The molecular formula is C17H17NO2S. The second-order valence-electron chi connectivity index (χ2n) is 5.00. The number of aliphatic imine (C=N–C) groups is 1. The van der Waals surface area contributed by atoms with E-state index in [4.69, 9.17) is 4.74 Å². The predicted octanol–water partition coefficient (Wildman–Crippen LogP) is 3.91. The quantitative estimate of drug-likeness (QED) is 0.914. The Bertz CT molecular complexity index is 667. The molecule has 108 valence electrons. The molecule has 21 heavy (non-hydrogen) atoms. The lowest BCUT2D eigenvalue weighted by Crippen LogP contribution is -2.16. The van der Waals surface area contributed by atoms with Crippen molar-refractivity contribution in [3.8, 4) is 5.75 Å². The van der Waals surface area contributed by atoms with Gasteiger partial charge >= 0.3 is 0 Å². The van der Waals surface area contributed by atoms with Crippen molar-refractivity contribution in [1.29, 1.82) is 0 Å². The molecule has 1 heterocycles. The summed E-state index contributed by atoms with van der Waals surface area (Å²) in [5.41, 5.74) is 3.14. The van der Waals surface area contributed by atoms with Gasteiger partial charge in [-0.1, -0.05) is 24.3 Å². The van der Waals surface area contributed by atoms with Crippen LogP contribution in [-0.2, 0) is 0 Å². The molecule has 0 saturated heterocycles. The average molecular weight is 299 g/mol. The molecule has 2 aromatic rings. The Hall–Kier alpha value is -1.78. The molecule has 2 unspecified atom stereocenters. The van der Waals surface area contributed by atoms with Crippen LogP contribution in [-0.4, -0.2) is 24.5 Å². The van der Waals surface area contributed by atoms with Crippen LogP contribution in [0.4, 0.5) is 5.69 Å². The maximum absolute atomic E-state index is 10.4. The smallest absolute Gasteiger partial charge is 0.118 e. The van der Waals surface area contributed by atoms with E-state index in [-0.39, 0.29) is 5.25 Å². The fourth-order valence-electron chi connectivity index (χ4n) is 2.39. The zero-order valence-corrected chi connectivity index (χ0v) is 12.8. The third kappa shape index (κ3) is 2.82. The monoisotopic (exact) mass is 299 g/mol. The van der Waals surface area contributed by atoms with E-state index >= 15 is 0 Å². The first kappa shape index (κ1) is 14.2. The van der Waals surface area contributed by atoms with Crippen LogP contribution in [0.2, 0.25) is 0 Å². The number of methoxy groups -OCH3 is 1. The molecule has 2 atom stereocenters. The fraction of sp³-hybridized carbons (Fsp3) is 0.235. The van der Waals surface area contributed by atoms with Crippen LogP contribution in [0, 0.1) is 6.92 Å². The van der Waals surface area contributed by atoms with E-state index < -0.39 is 6.10 Å². The SMILES string of the molecule is COc1ccc(C2Sc3cccc(C)c3N=CC2O)cc1. The maximum Gasteiger partial charge on any atom is 0.118 e. The van der Waals surface area contributed by atoms with Crippen molar-refractivity contribution >= 4 is 23.7 Å². The van der Waals surface area contributed by atoms with Gasteiger partial charge in [0, 0.05) is 11.1 Å². The zero-order valence-electron chi connectivity index (χ0n) is 12.0. The lowest BCUT2D eigenvalue weighted by Gasteiger charge is -2.19. The van der Waals surface area contributed by atoms with Gasteiger partial charge in [-0.3, -0.25) is 4.99 Å². The van der Waals surface area contributed by atoms with Crippen LogP contribution >= 0.6 is 11.8 Å². The Morgan fingerprint density at radius 2 is 1.90 bits per heavy atom. The summed E-state index contributed by atoms with van der Waals surface area (Å²) in [7, 11) is 1.65. The molecule has 3 rings (SSSR count). The maximum atomic E-state index is 10.4. The Morgan fingerprint density at radius 3 is 2.62 bits per heavy atom. The van der Waals surface area contributed by atoms with Crippen molar-refractivity contribution in [2.24, 2.45) is 4.99 Å². The topological polar surface area (TPSA) is 41.8 Å². The van der Waals surface area contributed by atoms with Crippen molar-refractivity contribution < 1.29 is 9.84 Å². The first-order chi connectivity index (χ1) is 10.2. The highest BCUT2D eigenvalue weighted by atomic mass is 32.2. The normalized spacial score (nSPS) is 20.7. The Balaban J connectivity index is 1.97. The lowest BCUT2D eigenvalue weighted by atomic mass is 10.1. The van der Waals surface area contributed by atoms with Crippen LogP contribution in [0.1, 0.15) is 16.4 Å². The van der Waals surface area contributed by atoms with E-state index in [2.05, 4.69) is 11.1 Å². The van der Waals surface area contributed by atoms with E-state index in [0.29, 0.717) is 0 Å². The highest BCUT2D eigenvalue weighted by Crippen LogP contribution is 2.45. The number of aryl methyl sites for hydroxylation is 1. The second-order valence-corrected chi connectivity index (χ2v) is 6.19. The summed E-state index contributed by atoms with van der Waals surface area (Å²) in [6.45, 7) is 2.04. The van der Waals surface area contributed by atoms with Crippen LogP contribution < -0.4 is 4.74 Å². The summed E-state index contributed by atoms with van der Waals surface area (Å²) < 4.78 is 5.18. The van der Waals surface area contributed by atoms with Gasteiger partial charge < -0.3 is 9.84 Å².